The Morgan fingerprint density at radius 1 is 0.404 bits per heavy atom. The van der Waals surface area contributed by atoms with Crippen molar-refractivity contribution in [2.75, 3.05) is 45.8 Å². The molecule has 8 nitrogen and oxygen atoms in total. The Morgan fingerprint density at radius 3 is 1.16 bits per heavy atom. The number of amides is 3. The van der Waals surface area contributed by atoms with Crippen molar-refractivity contribution in [2.45, 2.75) is 226 Å². The molecule has 0 aromatic rings. The van der Waals surface area contributed by atoms with E-state index in [-0.39, 0.29) is 17.7 Å². The molecule has 0 aliphatic carbocycles. The van der Waals surface area contributed by atoms with Crippen LogP contribution in [0.15, 0.2) is 24.3 Å². The number of hydrogen-bond acceptors (Lipinski definition) is 5. The fourth-order valence-electron chi connectivity index (χ4n) is 7.28. The average Bonchev–Trinajstić information content (AvgIpc) is 3.21. The van der Waals surface area contributed by atoms with Crippen LogP contribution in [-0.4, -0.2) is 73.3 Å². The third-order valence-electron chi connectivity index (χ3n) is 11.1. The van der Waals surface area contributed by atoms with E-state index in [1.807, 2.05) is 9.80 Å². The molecule has 0 aliphatic rings. The summed E-state index contributed by atoms with van der Waals surface area (Å²) in [5.74, 6) is 0.342. The normalized spacial score (nSPS) is 11.6. The largest absolute Gasteiger partial charge is 0.356 e. The SMILES string of the molecule is CCCCCCCCC=CCCCCCCCC(=O)N(CCCN)CCCCNC(=O)CCN(CCCN)C(=O)CCCCCCCC=CCCCCCCCC. The van der Waals surface area contributed by atoms with Crippen molar-refractivity contribution in [3.63, 3.8) is 0 Å². The number of carbonyl (C=O) groups excluding carboxylic acids is 3. The minimum absolute atomic E-state index is 0.0261. The third kappa shape index (κ3) is 39.1. The fraction of sp³-hybridized carbons (Fsp3) is 0.857. The second-order valence-corrected chi connectivity index (χ2v) is 16.5. The van der Waals surface area contributed by atoms with Gasteiger partial charge in [0.25, 0.3) is 0 Å². The number of rotatable bonds is 44. The third-order valence-corrected chi connectivity index (χ3v) is 11.1. The van der Waals surface area contributed by atoms with Gasteiger partial charge in [0, 0.05) is 52.0 Å². The molecular weight excluding hydrogens is 707 g/mol. The van der Waals surface area contributed by atoms with Crippen LogP contribution >= 0.6 is 0 Å². The van der Waals surface area contributed by atoms with Crippen LogP contribution in [0.5, 0.6) is 0 Å². The highest BCUT2D eigenvalue weighted by molar-refractivity contribution is 5.79. The minimum atomic E-state index is -0.0261. The Bertz CT molecular complexity index is 955. The average molecular weight is 802 g/mol. The van der Waals surface area contributed by atoms with Crippen LogP contribution in [0.2, 0.25) is 0 Å². The van der Waals surface area contributed by atoms with E-state index in [2.05, 4.69) is 43.5 Å². The molecule has 0 spiro atoms. The number of nitrogens with one attached hydrogen (secondary N) is 1. The second kappa shape index (κ2) is 44.9. The van der Waals surface area contributed by atoms with Crippen LogP contribution in [0.1, 0.15) is 226 Å². The van der Waals surface area contributed by atoms with E-state index in [1.165, 1.54) is 135 Å². The van der Waals surface area contributed by atoms with Crippen molar-refractivity contribution in [1.29, 1.82) is 0 Å². The number of allylic oxidation sites excluding steroid dienone is 4. The molecular formula is C49H95N5O3. The Kier molecular flexibility index (Phi) is 43.2. The summed E-state index contributed by atoms with van der Waals surface area (Å²) < 4.78 is 0. The van der Waals surface area contributed by atoms with Crippen molar-refractivity contribution in [3.8, 4) is 0 Å². The number of hydrogen-bond donors (Lipinski definition) is 3. The molecule has 0 aromatic carbocycles. The van der Waals surface area contributed by atoms with Crippen molar-refractivity contribution < 1.29 is 14.4 Å². The quantitative estimate of drug-likeness (QED) is 0.0418. The van der Waals surface area contributed by atoms with Crippen molar-refractivity contribution in [2.24, 2.45) is 11.5 Å². The Labute approximate surface area is 353 Å². The van der Waals surface area contributed by atoms with E-state index in [0.29, 0.717) is 65.1 Å². The van der Waals surface area contributed by atoms with Gasteiger partial charge in [-0.05, 0) is 103 Å². The molecule has 0 aliphatic heterocycles. The summed E-state index contributed by atoms with van der Waals surface area (Å²) in [5.41, 5.74) is 11.5. The molecule has 0 radical (unpaired) electrons. The van der Waals surface area contributed by atoms with Gasteiger partial charge < -0.3 is 26.6 Å². The summed E-state index contributed by atoms with van der Waals surface area (Å²) in [6, 6.07) is 0. The van der Waals surface area contributed by atoms with Gasteiger partial charge in [-0.15, -0.1) is 0 Å². The predicted molar refractivity (Wildman–Crippen MR) is 246 cm³/mol. The van der Waals surface area contributed by atoms with Crippen LogP contribution in [0.25, 0.3) is 0 Å². The molecule has 57 heavy (non-hydrogen) atoms. The monoisotopic (exact) mass is 802 g/mol. The van der Waals surface area contributed by atoms with Gasteiger partial charge in [0.15, 0.2) is 0 Å². The minimum Gasteiger partial charge on any atom is -0.356 e. The molecule has 0 heterocycles. The first-order valence-electron chi connectivity index (χ1n) is 24.5. The number of carbonyl (C=O) groups is 3. The first-order valence-corrected chi connectivity index (χ1v) is 24.5. The van der Waals surface area contributed by atoms with E-state index in [0.717, 1.165) is 57.8 Å². The predicted octanol–water partition coefficient (Wildman–Crippen LogP) is 11.7. The molecule has 0 bridgehead atoms. The van der Waals surface area contributed by atoms with E-state index < -0.39 is 0 Å². The Morgan fingerprint density at radius 2 is 0.754 bits per heavy atom. The molecule has 0 aromatic heterocycles. The fourth-order valence-corrected chi connectivity index (χ4v) is 7.28. The molecule has 5 N–H and O–H groups in total. The number of nitrogens with two attached hydrogens (primary N) is 2. The summed E-state index contributed by atoms with van der Waals surface area (Å²) >= 11 is 0. The number of nitrogens with zero attached hydrogens (tertiary/aromatic N) is 2. The van der Waals surface area contributed by atoms with Crippen LogP contribution in [0.4, 0.5) is 0 Å². The lowest BCUT2D eigenvalue weighted by Crippen LogP contribution is -2.37. The lowest BCUT2D eigenvalue weighted by Gasteiger charge is -2.23. The lowest BCUT2D eigenvalue weighted by molar-refractivity contribution is -0.133. The van der Waals surface area contributed by atoms with Gasteiger partial charge in [-0.1, -0.05) is 141 Å². The van der Waals surface area contributed by atoms with Crippen LogP contribution < -0.4 is 16.8 Å². The van der Waals surface area contributed by atoms with Crippen molar-refractivity contribution in [1.82, 2.24) is 15.1 Å². The molecule has 0 rings (SSSR count). The van der Waals surface area contributed by atoms with Gasteiger partial charge in [-0.3, -0.25) is 14.4 Å². The van der Waals surface area contributed by atoms with Crippen molar-refractivity contribution in [3.05, 3.63) is 24.3 Å². The van der Waals surface area contributed by atoms with Gasteiger partial charge in [-0.2, -0.15) is 0 Å². The van der Waals surface area contributed by atoms with Crippen LogP contribution in [0.3, 0.4) is 0 Å². The summed E-state index contributed by atoms with van der Waals surface area (Å²) in [6.07, 6.45) is 46.5. The first-order chi connectivity index (χ1) is 28.0. The molecule has 0 saturated carbocycles. The summed E-state index contributed by atoms with van der Waals surface area (Å²) in [7, 11) is 0. The zero-order valence-corrected chi connectivity index (χ0v) is 37.9. The standard InChI is InChI=1S/C49H95N5O3/c1-3-5-7-9-11-13-15-17-19-21-23-25-27-29-31-37-48(56)53(44-35-40-50)43-34-33-42-52-47(55)39-46-54(45-36-41-51)49(57)38-32-30-28-26-24-22-20-18-16-14-12-10-8-6-4-2/h17-20H,3-16,21-46,50-51H2,1-2H3,(H,52,55). The second-order valence-electron chi connectivity index (χ2n) is 16.5. The molecule has 0 atom stereocenters. The van der Waals surface area contributed by atoms with Gasteiger partial charge >= 0.3 is 0 Å². The molecule has 0 saturated heterocycles. The van der Waals surface area contributed by atoms with Gasteiger partial charge in [0.2, 0.25) is 17.7 Å². The van der Waals surface area contributed by atoms with Crippen molar-refractivity contribution >= 4 is 17.7 Å². The van der Waals surface area contributed by atoms with Gasteiger partial charge in [0.05, 0.1) is 0 Å². The maximum Gasteiger partial charge on any atom is 0.222 e. The summed E-state index contributed by atoms with van der Waals surface area (Å²) in [6.45, 7) is 8.68. The maximum absolute atomic E-state index is 13.0. The van der Waals surface area contributed by atoms with Gasteiger partial charge in [0.1, 0.15) is 0 Å². The van der Waals surface area contributed by atoms with E-state index >= 15 is 0 Å². The van der Waals surface area contributed by atoms with Crippen LogP contribution in [-0.2, 0) is 14.4 Å². The van der Waals surface area contributed by atoms with E-state index in [4.69, 9.17) is 11.5 Å². The summed E-state index contributed by atoms with van der Waals surface area (Å²) in [4.78, 5) is 42.5. The molecule has 334 valence electrons. The topological polar surface area (TPSA) is 122 Å². The molecule has 0 unspecified atom stereocenters. The number of unbranched alkanes of at least 4 members (excludes halogenated alkanes) is 23. The Balaban J connectivity index is 4.11. The zero-order chi connectivity index (χ0) is 41.7. The maximum atomic E-state index is 13.0. The highest BCUT2D eigenvalue weighted by atomic mass is 16.2. The van der Waals surface area contributed by atoms with Gasteiger partial charge in [-0.25, -0.2) is 0 Å². The lowest BCUT2D eigenvalue weighted by atomic mass is 10.1. The summed E-state index contributed by atoms with van der Waals surface area (Å²) in [5, 5.41) is 3.03. The highest BCUT2D eigenvalue weighted by Gasteiger charge is 2.15. The molecule has 3 amide bonds. The molecule has 8 heteroatoms. The van der Waals surface area contributed by atoms with E-state index in [1.54, 1.807) is 0 Å². The zero-order valence-electron chi connectivity index (χ0n) is 37.9. The Hall–Kier alpha value is -2.19. The molecule has 0 fully saturated rings. The first kappa shape index (κ1) is 54.8. The smallest absolute Gasteiger partial charge is 0.222 e. The highest BCUT2D eigenvalue weighted by Crippen LogP contribution is 2.13. The van der Waals surface area contributed by atoms with E-state index in [9.17, 15) is 14.4 Å². The van der Waals surface area contributed by atoms with Crippen LogP contribution in [0, 0.1) is 0 Å².